The molecule has 1 fully saturated rings. The van der Waals surface area contributed by atoms with Gasteiger partial charge in [0.25, 0.3) is 0 Å². The third-order valence-corrected chi connectivity index (χ3v) is 4.09. The highest BCUT2D eigenvalue weighted by Crippen LogP contribution is 2.25. The van der Waals surface area contributed by atoms with E-state index in [1.54, 1.807) is 11.7 Å². The molecule has 0 N–H and O–H groups in total. The van der Waals surface area contributed by atoms with Gasteiger partial charge < -0.3 is 9.47 Å². The maximum absolute atomic E-state index is 12.3. The number of carbonyl (C=O) groups excluding carboxylic acids is 1. The Kier molecular flexibility index (Phi) is 4.47. The second-order valence-corrected chi connectivity index (χ2v) is 7.37. The van der Waals surface area contributed by atoms with Crippen molar-refractivity contribution in [3.63, 3.8) is 0 Å². The number of aryl methyl sites for hydroxylation is 1. The van der Waals surface area contributed by atoms with Gasteiger partial charge in [-0.25, -0.2) is 9.48 Å². The van der Waals surface area contributed by atoms with Crippen LogP contribution in [0.5, 0.6) is 5.88 Å². The van der Waals surface area contributed by atoms with Crippen LogP contribution in [0.3, 0.4) is 0 Å². The molecule has 130 valence electrons. The number of esters is 1. The molecule has 0 aliphatic heterocycles. The molecule has 2 aromatic heterocycles. The Morgan fingerprint density at radius 2 is 1.92 bits per heavy atom. The number of hydrogen-bond donors (Lipinski definition) is 0. The molecule has 0 saturated heterocycles. The van der Waals surface area contributed by atoms with Crippen molar-refractivity contribution < 1.29 is 14.3 Å². The minimum atomic E-state index is -0.557. The van der Waals surface area contributed by atoms with Gasteiger partial charge in [-0.2, -0.15) is 10.1 Å². The monoisotopic (exact) mass is 331 g/mol. The first-order valence-corrected chi connectivity index (χ1v) is 8.57. The van der Waals surface area contributed by atoms with Crippen LogP contribution >= 0.6 is 0 Å². The molecule has 3 rings (SSSR count). The molecule has 1 saturated carbocycles. The molecule has 0 radical (unpaired) electrons. The van der Waals surface area contributed by atoms with Gasteiger partial charge in [0.15, 0.2) is 11.3 Å². The van der Waals surface area contributed by atoms with E-state index in [0.29, 0.717) is 22.6 Å². The fraction of sp³-hybridized carbons (Fsp3) is 0.611. The topological polar surface area (TPSA) is 66.2 Å². The summed E-state index contributed by atoms with van der Waals surface area (Å²) in [6.07, 6.45) is 6.10. The molecule has 0 amide bonds. The third kappa shape index (κ3) is 3.68. The lowest BCUT2D eigenvalue weighted by Crippen LogP contribution is -2.24. The molecule has 0 unspecified atom stereocenters. The van der Waals surface area contributed by atoms with Crippen molar-refractivity contribution in [2.24, 2.45) is 7.05 Å². The van der Waals surface area contributed by atoms with Gasteiger partial charge in [-0.3, -0.25) is 0 Å². The molecule has 0 atom stereocenters. The summed E-state index contributed by atoms with van der Waals surface area (Å²) in [5, 5.41) is 4.97. The summed E-state index contributed by atoms with van der Waals surface area (Å²) in [4.78, 5) is 16.9. The number of aromatic nitrogens is 3. The second-order valence-electron chi connectivity index (χ2n) is 7.37. The summed E-state index contributed by atoms with van der Waals surface area (Å²) in [5.41, 5.74) is 0.363. The Labute approximate surface area is 142 Å². The van der Waals surface area contributed by atoms with Crippen LogP contribution in [0.15, 0.2) is 12.1 Å². The van der Waals surface area contributed by atoms with Crippen molar-refractivity contribution >= 4 is 17.0 Å². The van der Waals surface area contributed by atoms with Gasteiger partial charge in [-0.15, -0.1) is 0 Å². The van der Waals surface area contributed by atoms with Crippen LogP contribution in [0, 0.1) is 0 Å². The van der Waals surface area contributed by atoms with Crippen LogP contribution in [0.25, 0.3) is 11.0 Å². The summed E-state index contributed by atoms with van der Waals surface area (Å²) < 4.78 is 13.0. The fourth-order valence-corrected chi connectivity index (χ4v) is 3.01. The highest BCUT2D eigenvalue weighted by molar-refractivity contribution is 6.01. The summed E-state index contributed by atoms with van der Waals surface area (Å²) in [5.74, 6) is 0.156. The van der Waals surface area contributed by atoms with Crippen molar-refractivity contribution in [3.8, 4) is 5.88 Å². The van der Waals surface area contributed by atoms with Gasteiger partial charge in [0, 0.05) is 13.1 Å². The lowest BCUT2D eigenvalue weighted by molar-refractivity contribution is 0.00642. The van der Waals surface area contributed by atoms with Crippen molar-refractivity contribution in [1.82, 2.24) is 14.8 Å². The van der Waals surface area contributed by atoms with Crippen molar-refractivity contribution in [3.05, 3.63) is 17.8 Å². The minimum Gasteiger partial charge on any atom is -0.474 e. The van der Waals surface area contributed by atoms with Gasteiger partial charge in [0.1, 0.15) is 11.7 Å². The molecule has 1 aliphatic carbocycles. The zero-order valence-corrected chi connectivity index (χ0v) is 14.8. The first kappa shape index (κ1) is 16.7. The number of fused-ring (bicyclic) bond motifs is 1. The van der Waals surface area contributed by atoms with E-state index < -0.39 is 11.6 Å². The largest absolute Gasteiger partial charge is 0.474 e. The van der Waals surface area contributed by atoms with Crippen LogP contribution in [0.4, 0.5) is 0 Å². The van der Waals surface area contributed by atoms with E-state index in [9.17, 15) is 4.79 Å². The maximum atomic E-state index is 12.3. The molecule has 0 spiro atoms. The Balaban J connectivity index is 1.85. The zero-order chi connectivity index (χ0) is 17.3. The van der Waals surface area contributed by atoms with E-state index in [0.717, 1.165) is 12.8 Å². The van der Waals surface area contributed by atoms with Gasteiger partial charge in [-0.05, 0) is 52.5 Å². The number of carbonyl (C=O) groups is 1. The molecule has 6 nitrogen and oxygen atoms in total. The first-order valence-electron chi connectivity index (χ1n) is 8.57. The lowest BCUT2D eigenvalue weighted by atomic mass is 9.98. The van der Waals surface area contributed by atoms with E-state index in [1.807, 2.05) is 32.9 Å². The average Bonchev–Trinajstić information content (AvgIpc) is 2.84. The van der Waals surface area contributed by atoms with Crippen LogP contribution < -0.4 is 4.74 Å². The van der Waals surface area contributed by atoms with Gasteiger partial charge >= 0.3 is 5.97 Å². The number of nitrogens with zero attached hydrogens (tertiary/aromatic N) is 3. The molecule has 2 heterocycles. The standard InChI is InChI=1S/C18H25N3O3/c1-18(2,3)24-17(22)15-13-10-11-14(19-16(13)21(4)20-15)23-12-8-6-5-7-9-12/h10-12H,5-9H2,1-4H3. The van der Waals surface area contributed by atoms with Crippen LogP contribution in [-0.4, -0.2) is 32.4 Å². The number of ether oxygens (including phenoxy) is 2. The Morgan fingerprint density at radius 3 is 2.58 bits per heavy atom. The van der Waals surface area contributed by atoms with E-state index in [2.05, 4.69) is 10.1 Å². The molecule has 0 bridgehead atoms. The smallest absolute Gasteiger partial charge is 0.360 e. The van der Waals surface area contributed by atoms with Crippen LogP contribution in [-0.2, 0) is 11.8 Å². The highest BCUT2D eigenvalue weighted by atomic mass is 16.6. The van der Waals surface area contributed by atoms with Gasteiger partial charge in [0.2, 0.25) is 5.88 Å². The average molecular weight is 331 g/mol. The summed E-state index contributed by atoms with van der Waals surface area (Å²) in [7, 11) is 1.77. The molecular formula is C18H25N3O3. The third-order valence-electron chi connectivity index (χ3n) is 4.09. The number of hydrogen-bond acceptors (Lipinski definition) is 5. The fourth-order valence-electron chi connectivity index (χ4n) is 3.01. The normalized spacial score (nSPS) is 16.3. The quantitative estimate of drug-likeness (QED) is 0.803. The molecule has 0 aromatic carbocycles. The van der Waals surface area contributed by atoms with Crippen molar-refractivity contribution in [2.75, 3.05) is 0 Å². The van der Waals surface area contributed by atoms with Gasteiger partial charge in [-0.1, -0.05) is 6.42 Å². The predicted octanol–water partition coefficient (Wildman–Crippen LogP) is 3.64. The maximum Gasteiger partial charge on any atom is 0.360 e. The number of rotatable bonds is 3. The first-order chi connectivity index (χ1) is 11.3. The van der Waals surface area contributed by atoms with E-state index >= 15 is 0 Å². The van der Waals surface area contributed by atoms with E-state index in [4.69, 9.17) is 9.47 Å². The predicted molar refractivity (Wildman–Crippen MR) is 91.2 cm³/mol. The molecular weight excluding hydrogens is 306 g/mol. The van der Waals surface area contributed by atoms with Crippen LogP contribution in [0.1, 0.15) is 63.4 Å². The van der Waals surface area contributed by atoms with E-state index in [1.165, 1.54) is 19.3 Å². The summed E-state index contributed by atoms with van der Waals surface area (Å²) in [6, 6.07) is 3.65. The zero-order valence-electron chi connectivity index (χ0n) is 14.8. The lowest BCUT2D eigenvalue weighted by Gasteiger charge is -2.22. The second kappa shape index (κ2) is 6.42. The Morgan fingerprint density at radius 1 is 1.21 bits per heavy atom. The highest BCUT2D eigenvalue weighted by Gasteiger charge is 2.24. The minimum absolute atomic E-state index is 0.238. The van der Waals surface area contributed by atoms with Crippen molar-refractivity contribution in [2.45, 2.75) is 64.6 Å². The molecule has 1 aliphatic rings. The van der Waals surface area contributed by atoms with E-state index in [-0.39, 0.29) is 6.10 Å². The molecule has 6 heteroatoms. The van der Waals surface area contributed by atoms with Crippen LogP contribution in [0.2, 0.25) is 0 Å². The Bertz CT molecular complexity index is 740. The molecule has 2 aromatic rings. The summed E-state index contributed by atoms with van der Waals surface area (Å²) >= 11 is 0. The summed E-state index contributed by atoms with van der Waals surface area (Å²) in [6.45, 7) is 5.51. The number of pyridine rings is 1. The Hall–Kier alpha value is -2.11. The SMILES string of the molecule is Cn1nc(C(=O)OC(C)(C)C)c2ccc(OC3CCCCC3)nc21. The molecule has 24 heavy (non-hydrogen) atoms. The van der Waals surface area contributed by atoms with Gasteiger partial charge in [0.05, 0.1) is 5.39 Å². The van der Waals surface area contributed by atoms with Crippen molar-refractivity contribution in [1.29, 1.82) is 0 Å².